The van der Waals surface area contributed by atoms with Gasteiger partial charge in [-0.2, -0.15) is 0 Å². The van der Waals surface area contributed by atoms with Gasteiger partial charge in [-0.3, -0.25) is 0 Å². The Hall–Kier alpha value is -0.834. The number of para-hydroxylation sites is 2. The van der Waals surface area contributed by atoms with Gasteiger partial charge in [0.15, 0.2) is 0 Å². The molecular weight excluding hydrogens is 355 g/mol. The molecule has 2 aromatic rings. The first kappa shape index (κ1) is 25.1. The third-order valence-corrected chi connectivity index (χ3v) is 3.74. The van der Waals surface area contributed by atoms with Crippen molar-refractivity contribution in [2.45, 2.75) is 9.79 Å². The van der Waals surface area contributed by atoms with Gasteiger partial charge < -0.3 is 21.2 Å². The standard InChI is InChI=1S/2C7H8OS.Co.2H2O/c2*1-9-7-5-3-2-4-6(7)8;;;/h2*2-5,8H,1H3;;2*1H2. The van der Waals surface area contributed by atoms with Crippen LogP contribution >= 0.6 is 23.5 Å². The van der Waals surface area contributed by atoms with Gasteiger partial charge in [0.25, 0.3) is 0 Å². The molecule has 0 unspecified atom stereocenters. The molecule has 7 heteroatoms. The first-order chi connectivity index (χ1) is 8.69. The first-order valence-corrected chi connectivity index (χ1v) is 7.78. The minimum Gasteiger partial charge on any atom is -0.507 e. The van der Waals surface area contributed by atoms with Gasteiger partial charge in [-0.1, -0.05) is 24.3 Å². The summed E-state index contributed by atoms with van der Waals surface area (Å²) in [7, 11) is 0. The number of phenolic OH excluding ortho intramolecular Hbond substituents is 2. The van der Waals surface area contributed by atoms with Gasteiger partial charge in [0.1, 0.15) is 11.5 Å². The number of rotatable bonds is 2. The molecule has 0 heterocycles. The molecule has 0 aliphatic rings. The third kappa shape index (κ3) is 8.92. The van der Waals surface area contributed by atoms with Gasteiger partial charge in [-0.15, -0.1) is 23.5 Å². The van der Waals surface area contributed by atoms with Crippen LogP contribution in [0.15, 0.2) is 58.3 Å². The Balaban J connectivity index is -0.000000270. The fourth-order valence-corrected chi connectivity index (χ4v) is 2.24. The zero-order chi connectivity index (χ0) is 13.4. The largest absolute Gasteiger partial charge is 0.507 e. The Morgan fingerprint density at radius 2 is 0.952 bits per heavy atom. The Labute approximate surface area is 143 Å². The van der Waals surface area contributed by atoms with Crippen LogP contribution in [0.3, 0.4) is 0 Å². The van der Waals surface area contributed by atoms with E-state index < -0.39 is 0 Å². The molecule has 121 valence electrons. The maximum absolute atomic E-state index is 9.09. The van der Waals surface area contributed by atoms with Gasteiger partial charge in [-0.25, -0.2) is 0 Å². The van der Waals surface area contributed by atoms with E-state index in [2.05, 4.69) is 0 Å². The van der Waals surface area contributed by atoms with Crippen LogP contribution in [0.1, 0.15) is 0 Å². The van der Waals surface area contributed by atoms with Crippen LogP contribution in [0.2, 0.25) is 0 Å². The SMILES string of the molecule is CSc1ccccc1O.CSc1ccccc1O.O.O.[Co]. The Bertz CT molecular complexity index is 452. The van der Waals surface area contributed by atoms with Gasteiger partial charge >= 0.3 is 0 Å². The molecule has 21 heavy (non-hydrogen) atoms. The van der Waals surface area contributed by atoms with Crippen molar-refractivity contribution in [1.82, 2.24) is 0 Å². The zero-order valence-corrected chi connectivity index (χ0v) is 14.3. The monoisotopic (exact) mass is 375 g/mol. The molecule has 0 amide bonds. The number of phenols is 2. The smallest absolute Gasteiger partial charge is 0.129 e. The van der Waals surface area contributed by atoms with Crippen molar-refractivity contribution in [2.75, 3.05) is 12.5 Å². The number of hydrogen-bond donors (Lipinski definition) is 2. The molecule has 0 fully saturated rings. The van der Waals surface area contributed by atoms with Gasteiger partial charge in [0, 0.05) is 26.6 Å². The number of thioether (sulfide) groups is 2. The van der Waals surface area contributed by atoms with Crippen molar-refractivity contribution in [3.05, 3.63) is 48.5 Å². The summed E-state index contributed by atoms with van der Waals surface area (Å²) in [5.74, 6) is 0.731. The van der Waals surface area contributed by atoms with Crippen molar-refractivity contribution in [2.24, 2.45) is 0 Å². The van der Waals surface area contributed by atoms with E-state index in [4.69, 9.17) is 10.2 Å². The van der Waals surface area contributed by atoms with Crippen LogP contribution < -0.4 is 0 Å². The third-order valence-electron chi connectivity index (χ3n) is 2.17. The average Bonchev–Trinajstić information content (AvgIpc) is 2.41. The van der Waals surface area contributed by atoms with Gasteiger partial charge in [0.2, 0.25) is 0 Å². The molecule has 0 aliphatic carbocycles. The Morgan fingerprint density at radius 1 is 0.667 bits per heavy atom. The molecule has 0 aliphatic heterocycles. The second-order valence-corrected chi connectivity index (χ2v) is 5.04. The van der Waals surface area contributed by atoms with Crippen LogP contribution in [0.4, 0.5) is 0 Å². The van der Waals surface area contributed by atoms with E-state index in [1.165, 1.54) is 0 Å². The molecule has 6 N–H and O–H groups in total. The van der Waals surface area contributed by atoms with E-state index in [-0.39, 0.29) is 27.7 Å². The number of hydrogen-bond acceptors (Lipinski definition) is 4. The summed E-state index contributed by atoms with van der Waals surface area (Å²) in [6.07, 6.45) is 3.88. The molecule has 1 radical (unpaired) electrons. The van der Waals surface area contributed by atoms with Crippen molar-refractivity contribution < 1.29 is 37.9 Å². The molecule has 0 saturated heterocycles. The quantitative estimate of drug-likeness (QED) is 0.787. The van der Waals surface area contributed by atoms with E-state index in [0.717, 1.165) is 9.79 Å². The summed E-state index contributed by atoms with van der Waals surface area (Å²) in [6.45, 7) is 0. The second kappa shape index (κ2) is 14.1. The van der Waals surface area contributed by atoms with Crippen molar-refractivity contribution in [3.63, 3.8) is 0 Å². The normalized spacial score (nSPS) is 8.10. The minimum atomic E-state index is 0. The van der Waals surface area contributed by atoms with E-state index in [0.29, 0.717) is 11.5 Å². The molecule has 4 nitrogen and oxygen atoms in total. The summed E-state index contributed by atoms with van der Waals surface area (Å²) in [5, 5.41) is 18.2. The topological polar surface area (TPSA) is 103 Å². The fourth-order valence-electron chi connectivity index (χ4n) is 1.26. The molecule has 2 aromatic carbocycles. The van der Waals surface area contributed by atoms with Crippen LogP contribution in [-0.2, 0) is 16.8 Å². The van der Waals surface area contributed by atoms with Gasteiger partial charge in [0.05, 0.1) is 0 Å². The summed E-state index contributed by atoms with van der Waals surface area (Å²) in [5.41, 5.74) is 0. The summed E-state index contributed by atoms with van der Waals surface area (Å²) in [6, 6.07) is 14.6. The van der Waals surface area contributed by atoms with E-state index >= 15 is 0 Å². The predicted octanol–water partition coefficient (Wildman–Crippen LogP) is 2.58. The minimum absolute atomic E-state index is 0. The summed E-state index contributed by atoms with van der Waals surface area (Å²) < 4.78 is 0. The van der Waals surface area contributed by atoms with E-state index in [1.807, 2.05) is 48.9 Å². The van der Waals surface area contributed by atoms with E-state index in [9.17, 15) is 0 Å². The second-order valence-electron chi connectivity index (χ2n) is 3.34. The molecular formula is C14H20CoO4S2. The van der Waals surface area contributed by atoms with Crippen LogP contribution in [0.5, 0.6) is 11.5 Å². The molecule has 0 atom stereocenters. The molecule has 0 aromatic heterocycles. The Kier molecular flexibility index (Phi) is 16.9. The van der Waals surface area contributed by atoms with E-state index in [1.54, 1.807) is 35.7 Å². The first-order valence-electron chi connectivity index (χ1n) is 5.33. The Morgan fingerprint density at radius 3 is 1.14 bits per heavy atom. The molecule has 2 rings (SSSR count). The maximum atomic E-state index is 9.09. The van der Waals surface area contributed by atoms with Crippen molar-refractivity contribution >= 4 is 23.5 Å². The fraction of sp³-hybridized carbons (Fsp3) is 0.143. The predicted molar refractivity (Wildman–Crippen MR) is 87.0 cm³/mol. The van der Waals surface area contributed by atoms with Gasteiger partial charge in [-0.05, 0) is 36.8 Å². The average molecular weight is 375 g/mol. The van der Waals surface area contributed by atoms with Crippen LogP contribution in [0, 0.1) is 0 Å². The molecule has 0 bridgehead atoms. The molecule has 0 saturated carbocycles. The molecule has 0 spiro atoms. The van der Waals surface area contributed by atoms with Crippen molar-refractivity contribution in [1.29, 1.82) is 0 Å². The summed E-state index contributed by atoms with van der Waals surface area (Å²) in [4.78, 5) is 1.86. The zero-order valence-electron chi connectivity index (χ0n) is 11.7. The number of benzene rings is 2. The van der Waals surface area contributed by atoms with Crippen LogP contribution in [-0.4, -0.2) is 33.7 Å². The number of aromatic hydroxyl groups is 2. The maximum Gasteiger partial charge on any atom is 0.129 e. The van der Waals surface area contributed by atoms with Crippen LogP contribution in [0.25, 0.3) is 0 Å². The summed E-state index contributed by atoms with van der Waals surface area (Å²) >= 11 is 3.09. The van der Waals surface area contributed by atoms with Crippen molar-refractivity contribution in [3.8, 4) is 11.5 Å².